The van der Waals surface area contributed by atoms with E-state index in [0.29, 0.717) is 18.5 Å². The molecule has 6 nitrogen and oxygen atoms in total. The van der Waals surface area contributed by atoms with Gasteiger partial charge in [0, 0.05) is 30.8 Å². The molecule has 1 aliphatic rings. The summed E-state index contributed by atoms with van der Waals surface area (Å²) in [5, 5.41) is 18.5. The van der Waals surface area contributed by atoms with Crippen LogP contribution in [0.25, 0.3) is 0 Å². The Morgan fingerprint density at radius 3 is 2.82 bits per heavy atom. The van der Waals surface area contributed by atoms with E-state index in [-0.39, 0.29) is 24.0 Å². The second kappa shape index (κ2) is 4.46. The van der Waals surface area contributed by atoms with E-state index in [1.165, 1.54) is 10.8 Å². The van der Waals surface area contributed by atoms with Gasteiger partial charge < -0.3 is 14.8 Å². The van der Waals surface area contributed by atoms with Gasteiger partial charge in [-0.1, -0.05) is 0 Å². The van der Waals surface area contributed by atoms with Crippen molar-refractivity contribution in [2.75, 3.05) is 6.61 Å². The van der Waals surface area contributed by atoms with Crippen LogP contribution in [-0.4, -0.2) is 32.5 Å². The summed E-state index contributed by atoms with van der Waals surface area (Å²) in [6.45, 7) is 1.97. The number of aromatic nitrogens is 2. The van der Waals surface area contributed by atoms with Crippen LogP contribution in [0.3, 0.4) is 0 Å². The Hall–Kier alpha value is -1.40. The van der Waals surface area contributed by atoms with Crippen molar-refractivity contribution in [1.82, 2.24) is 9.55 Å². The molecule has 0 saturated heterocycles. The van der Waals surface area contributed by atoms with Crippen LogP contribution in [0.5, 0.6) is 0 Å². The maximum absolute atomic E-state index is 11.5. The maximum Gasteiger partial charge on any atom is 0.328 e. The number of rotatable bonds is 3. The van der Waals surface area contributed by atoms with Crippen LogP contribution < -0.4 is 11.2 Å². The fourth-order valence-electron chi connectivity index (χ4n) is 2.27. The van der Waals surface area contributed by atoms with Crippen LogP contribution in [-0.2, 0) is 6.54 Å². The molecule has 1 saturated carbocycles. The SMILES string of the molecule is Cc1cn(C[C@H]2C[C@H](O)[C@H]2CO)c(=O)[nH]c1=O. The van der Waals surface area contributed by atoms with Crippen molar-refractivity contribution < 1.29 is 10.2 Å². The Kier molecular flexibility index (Phi) is 3.17. The summed E-state index contributed by atoms with van der Waals surface area (Å²) in [6.07, 6.45) is 1.61. The van der Waals surface area contributed by atoms with Crippen molar-refractivity contribution in [2.45, 2.75) is 26.0 Å². The molecular formula is C11H16N2O4. The molecule has 0 aromatic carbocycles. The van der Waals surface area contributed by atoms with E-state index in [4.69, 9.17) is 5.11 Å². The van der Waals surface area contributed by atoms with Crippen molar-refractivity contribution in [3.05, 3.63) is 32.6 Å². The average molecular weight is 240 g/mol. The lowest BCUT2D eigenvalue weighted by Crippen LogP contribution is -2.47. The number of aryl methyl sites for hydroxylation is 1. The van der Waals surface area contributed by atoms with Gasteiger partial charge in [-0.15, -0.1) is 0 Å². The van der Waals surface area contributed by atoms with Gasteiger partial charge in [0.25, 0.3) is 5.56 Å². The summed E-state index contributed by atoms with van der Waals surface area (Å²) in [5.74, 6) is -0.0906. The lowest BCUT2D eigenvalue weighted by atomic mass is 9.71. The van der Waals surface area contributed by atoms with E-state index in [1.807, 2.05) is 0 Å². The number of nitrogens with one attached hydrogen (secondary N) is 1. The summed E-state index contributed by atoms with van der Waals surface area (Å²) >= 11 is 0. The second-order valence-corrected chi connectivity index (χ2v) is 4.63. The molecule has 0 aliphatic heterocycles. The fourth-order valence-corrected chi connectivity index (χ4v) is 2.27. The molecule has 0 amide bonds. The molecule has 0 bridgehead atoms. The van der Waals surface area contributed by atoms with E-state index in [2.05, 4.69) is 4.98 Å². The Balaban J connectivity index is 2.17. The molecule has 1 aromatic rings. The Morgan fingerprint density at radius 1 is 1.53 bits per heavy atom. The summed E-state index contributed by atoms with van der Waals surface area (Å²) in [4.78, 5) is 24.9. The van der Waals surface area contributed by atoms with Gasteiger partial charge in [-0.2, -0.15) is 0 Å². The van der Waals surface area contributed by atoms with Crippen molar-refractivity contribution in [3.8, 4) is 0 Å². The molecule has 17 heavy (non-hydrogen) atoms. The molecule has 0 spiro atoms. The first-order chi connectivity index (χ1) is 8.02. The second-order valence-electron chi connectivity index (χ2n) is 4.63. The number of nitrogens with zero attached hydrogens (tertiary/aromatic N) is 1. The zero-order chi connectivity index (χ0) is 12.6. The van der Waals surface area contributed by atoms with E-state index in [9.17, 15) is 14.7 Å². The molecule has 1 fully saturated rings. The maximum atomic E-state index is 11.5. The molecule has 1 aromatic heterocycles. The van der Waals surface area contributed by atoms with Gasteiger partial charge >= 0.3 is 5.69 Å². The predicted octanol–water partition coefficient (Wildman–Crippen LogP) is -1.17. The van der Waals surface area contributed by atoms with Crippen LogP contribution in [0.4, 0.5) is 0 Å². The third-order valence-electron chi connectivity index (χ3n) is 3.47. The van der Waals surface area contributed by atoms with Crippen LogP contribution in [0.1, 0.15) is 12.0 Å². The predicted molar refractivity (Wildman–Crippen MR) is 60.7 cm³/mol. The zero-order valence-corrected chi connectivity index (χ0v) is 9.59. The standard InChI is InChI=1S/C11H16N2O4/c1-6-3-13(11(17)12-10(6)16)4-7-2-9(15)8(7)5-14/h3,7-9,14-15H,2,4-5H2,1H3,(H,12,16,17)/t7-,8+,9+/m1/s1. The highest BCUT2D eigenvalue weighted by Crippen LogP contribution is 2.35. The van der Waals surface area contributed by atoms with Gasteiger partial charge in [-0.05, 0) is 19.3 Å². The highest BCUT2D eigenvalue weighted by molar-refractivity contribution is 5.01. The van der Waals surface area contributed by atoms with Crippen LogP contribution in [0, 0.1) is 18.8 Å². The normalized spacial score (nSPS) is 27.8. The largest absolute Gasteiger partial charge is 0.396 e. The molecule has 0 unspecified atom stereocenters. The zero-order valence-electron chi connectivity index (χ0n) is 9.59. The first-order valence-electron chi connectivity index (χ1n) is 5.62. The third-order valence-corrected chi connectivity index (χ3v) is 3.47. The van der Waals surface area contributed by atoms with Crippen molar-refractivity contribution in [1.29, 1.82) is 0 Å². The third kappa shape index (κ3) is 2.18. The molecule has 0 radical (unpaired) electrons. The average Bonchev–Trinajstić information content (AvgIpc) is 2.25. The Labute approximate surface area is 97.5 Å². The highest BCUT2D eigenvalue weighted by Gasteiger charge is 2.39. The number of hydrogen-bond donors (Lipinski definition) is 3. The monoisotopic (exact) mass is 240 g/mol. The molecule has 3 N–H and O–H groups in total. The fraction of sp³-hybridized carbons (Fsp3) is 0.636. The van der Waals surface area contributed by atoms with Crippen LogP contribution in [0.2, 0.25) is 0 Å². The van der Waals surface area contributed by atoms with Gasteiger partial charge in [0.1, 0.15) is 0 Å². The number of hydrogen-bond acceptors (Lipinski definition) is 4. The van der Waals surface area contributed by atoms with Crippen molar-refractivity contribution in [2.24, 2.45) is 11.8 Å². The Morgan fingerprint density at radius 2 is 2.24 bits per heavy atom. The van der Waals surface area contributed by atoms with E-state index in [1.54, 1.807) is 6.92 Å². The smallest absolute Gasteiger partial charge is 0.328 e. The molecule has 94 valence electrons. The van der Waals surface area contributed by atoms with Gasteiger partial charge in [0.15, 0.2) is 0 Å². The molecular weight excluding hydrogens is 224 g/mol. The van der Waals surface area contributed by atoms with Crippen LogP contribution >= 0.6 is 0 Å². The number of H-pyrrole nitrogens is 1. The minimum absolute atomic E-state index is 0.0804. The van der Waals surface area contributed by atoms with E-state index in [0.717, 1.165) is 0 Å². The number of aliphatic hydroxyl groups excluding tert-OH is 2. The number of aliphatic hydroxyl groups is 2. The topological polar surface area (TPSA) is 95.3 Å². The van der Waals surface area contributed by atoms with Gasteiger partial charge in [-0.3, -0.25) is 9.78 Å². The quantitative estimate of drug-likeness (QED) is 0.620. The molecule has 1 aliphatic carbocycles. The van der Waals surface area contributed by atoms with Crippen molar-refractivity contribution >= 4 is 0 Å². The highest BCUT2D eigenvalue weighted by atomic mass is 16.3. The lowest BCUT2D eigenvalue weighted by molar-refractivity contribution is -0.0660. The van der Waals surface area contributed by atoms with E-state index >= 15 is 0 Å². The summed E-state index contributed by atoms with van der Waals surface area (Å²) in [5.41, 5.74) is -0.345. The van der Waals surface area contributed by atoms with Crippen molar-refractivity contribution in [3.63, 3.8) is 0 Å². The Bertz CT molecular complexity index is 519. The first-order valence-corrected chi connectivity index (χ1v) is 5.62. The molecule has 2 rings (SSSR count). The molecule has 6 heteroatoms. The molecule has 1 heterocycles. The molecule has 3 atom stereocenters. The summed E-state index contributed by atoms with van der Waals surface area (Å²) in [7, 11) is 0. The number of aromatic amines is 1. The van der Waals surface area contributed by atoms with Gasteiger partial charge in [0.05, 0.1) is 6.10 Å². The minimum Gasteiger partial charge on any atom is -0.396 e. The summed E-state index contributed by atoms with van der Waals surface area (Å²) in [6, 6.07) is 0. The van der Waals surface area contributed by atoms with E-state index < -0.39 is 11.8 Å². The van der Waals surface area contributed by atoms with Crippen LogP contribution in [0.15, 0.2) is 15.8 Å². The van der Waals surface area contributed by atoms with Gasteiger partial charge in [-0.25, -0.2) is 4.79 Å². The first kappa shape index (κ1) is 12.1. The lowest BCUT2D eigenvalue weighted by Gasteiger charge is -2.40. The minimum atomic E-state index is -0.482. The summed E-state index contributed by atoms with van der Waals surface area (Å²) < 4.78 is 1.43. The van der Waals surface area contributed by atoms with Gasteiger partial charge in [0.2, 0.25) is 0 Å².